The summed E-state index contributed by atoms with van der Waals surface area (Å²) in [5, 5.41) is 16.4. The molecule has 0 unspecified atom stereocenters. The third-order valence-electron chi connectivity index (χ3n) is 3.89. The van der Waals surface area contributed by atoms with E-state index >= 15 is 0 Å². The van der Waals surface area contributed by atoms with Crippen LogP contribution in [0.4, 0.5) is 5.69 Å². The minimum atomic E-state index is -0.231. The molecule has 122 valence electrons. The van der Waals surface area contributed by atoms with Crippen molar-refractivity contribution in [2.24, 2.45) is 0 Å². The minimum absolute atomic E-state index is 0.0673. The summed E-state index contributed by atoms with van der Waals surface area (Å²) in [6.07, 6.45) is 4.91. The quantitative estimate of drug-likeness (QED) is 0.774. The lowest BCUT2D eigenvalue weighted by molar-refractivity contribution is 0.102. The molecule has 2 heterocycles. The molecule has 2 N–H and O–H groups in total. The Morgan fingerprint density at radius 2 is 1.96 bits per heavy atom. The first kappa shape index (κ1) is 15.9. The zero-order valence-corrected chi connectivity index (χ0v) is 13.5. The number of benzene rings is 1. The Morgan fingerprint density at radius 3 is 2.67 bits per heavy atom. The molecule has 0 aliphatic carbocycles. The SMILES string of the molecule is Cc1ccc(CO)cc1NC(=O)c1cnn(-c2ccncc2)c1C. The average molecular weight is 322 g/mol. The van der Waals surface area contributed by atoms with E-state index in [-0.39, 0.29) is 12.5 Å². The molecule has 1 aromatic carbocycles. The maximum atomic E-state index is 12.6. The lowest BCUT2D eigenvalue weighted by Crippen LogP contribution is -2.14. The van der Waals surface area contributed by atoms with Gasteiger partial charge in [-0.25, -0.2) is 4.68 Å². The summed E-state index contributed by atoms with van der Waals surface area (Å²) < 4.78 is 1.70. The Kier molecular flexibility index (Phi) is 4.39. The molecule has 24 heavy (non-hydrogen) atoms. The minimum Gasteiger partial charge on any atom is -0.392 e. The van der Waals surface area contributed by atoms with Gasteiger partial charge in [0.25, 0.3) is 5.91 Å². The van der Waals surface area contributed by atoms with Gasteiger partial charge in [-0.1, -0.05) is 12.1 Å². The van der Waals surface area contributed by atoms with Gasteiger partial charge in [0.15, 0.2) is 0 Å². The second kappa shape index (κ2) is 6.64. The van der Waals surface area contributed by atoms with Crippen LogP contribution in [-0.4, -0.2) is 25.8 Å². The predicted octanol–water partition coefficient (Wildman–Crippen LogP) is 2.63. The number of amides is 1. The topological polar surface area (TPSA) is 80.0 Å². The molecule has 0 saturated heterocycles. The number of carbonyl (C=O) groups is 1. The number of rotatable bonds is 4. The average Bonchev–Trinajstić information content (AvgIpc) is 2.99. The summed E-state index contributed by atoms with van der Waals surface area (Å²) >= 11 is 0. The van der Waals surface area contributed by atoms with Crippen molar-refractivity contribution < 1.29 is 9.90 Å². The van der Waals surface area contributed by atoms with Crippen LogP contribution in [0.2, 0.25) is 0 Å². The third kappa shape index (κ3) is 3.04. The lowest BCUT2D eigenvalue weighted by Gasteiger charge is -2.10. The molecule has 0 bridgehead atoms. The van der Waals surface area contributed by atoms with Crippen LogP contribution in [0.1, 0.15) is 27.2 Å². The summed E-state index contributed by atoms with van der Waals surface area (Å²) in [5.41, 5.74) is 4.46. The largest absolute Gasteiger partial charge is 0.392 e. The number of nitrogens with zero attached hydrogens (tertiary/aromatic N) is 3. The number of carbonyl (C=O) groups excluding carboxylic acids is 1. The summed E-state index contributed by atoms with van der Waals surface area (Å²) in [4.78, 5) is 16.6. The van der Waals surface area contributed by atoms with Gasteiger partial charge in [0.05, 0.1) is 29.7 Å². The van der Waals surface area contributed by atoms with Crippen LogP contribution in [0, 0.1) is 13.8 Å². The molecule has 2 aromatic heterocycles. The first-order valence-corrected chi connectivity index (χ1v) is 7.57. The maximum Gasteiger partial charge on any atom is 0.259 e. The fourth-order valence-electron chi connectivity index (χ4n) is 2.47. The fraction of sp³-hybridized carbons (Fsp3) is 0.167. The van der Waals surface area contributed by atoms with Crippen molar-refractivity contribution in [2.75, 3.05) is 5.32 Å². The molecular weight excluding hydrogens is 304 g/mol. The fourth-order valence-corrected chi connectivity index (χ4v) is 2.47. The van der Waals surface area contributed by atoms with Gasteiger partial charge in [0.2, 0.25) is 0 Å². The van der Waals surface area contributed by atoms with E-state index < -0.39 is 0 Å². The van der Waals surface area contributed by atoms with Crippen molar-refractivity contribution in [3.8, 4) is 5.69 Å². The lowest BCUT2D eigenvalue weighted by atomic mass is 10.1. The standard InChI is InChI=1S/C18H18N4O2/c1-12-3-4-14(11-23)9-17(12)21-18(24)16-10-20-22(13(16)2)15-5-7-19-8-6-15/h3-10,23H,11H2,1-2H3,(H,21,24). The number of nitrogens with one attached hydrogen (secondary N) is 1. The van der Waals surface area contributed by atoms with Gasteiger partial charge in [-0.05, 0) is 43.2 Å². The van der Waals surface area contributed by atoms with E-state index in [0.717, 1.165) is 22.5 Å². The molecule has 6 heteroatoms. The predicted molar refractivity (Wildman–Crippen MR) is 91.2 cm³/mol. The van der Waals surface area contributed by atoms with Gasteiger partial charge >= 0.3 is 0 Å². The highest BCUT2D eigenvalue weighted by Gasteiger charge is 2.16. The molecule has 0 saturated carbocycles. The van der Waals surface area contributed by atoms with Crippen molar-refractivity contribution in [1.29, 1.82) is 0 Å². The van der Waals surface area contributed by atoms with Crippen LogP contribution in [0.15, 0.2) is 48.9 Å². The highest BCUT2D eigenvalue weighted by atomic mass is 16.3. The van der Waals surface area contributed by atoms with Gasteiger partial charge < -0.3 is 10.4 Å². The van der Waals surface area contributed by atoms with Crippen molar-refractivity contribution in [1.82, 2.24) is 14.8 Å². The maximum absolute atomic E-state index is 12.6. The van der Waals surface area contributed by atoms with E-state index in [2.05, 4.69) is 15.4 Å². The Bertz CT molecular complexity index is 872. The highest BCUT2D eigenvalue weighted by Crippen LogP contribution is 2.20. The molecule has 0 radical (unpaired) electrons. The molecule has 6 nitrogen and oxygen atoms in total. The normalized spacial score (nSPS) is 10.6. The molecular formula is C18H18N4O2. The van der Waals surface area contributed by atoms with Crippen LogP contribution in [0.25, 0.3) is 5.69 Å². The second-order valence-corrected chi connectivity index (χ2v) is 5.52. The molecule has 0 spiro atoms. The molecule has 0 aliphatic rings. The van der Waals surface area contributed by atoms with E-state index in [1.54, 1.807) is 29.3 Å². The van der Waals surface area contributed by atoms with E-state index in [9.17, 15) is 9.90 Å². The third-order valence-corrected chi connectivity index (χ3v) is 3.89. The van der Waals surface area contributed by atoms with E-state index in [4.69, 9.17) is 0 Å². The van der Waals surface area contributed by atoms with Crippen molar-refractivity contribution in [3.63, 3.8) is 0 Å². The number of pyridine rings is 1. The van der Waals surface area contributed by atoms with Crippen LogP contribution in [0.3, 0.4) is 0 Å². The van der Waals surface area contributed by atoms with Gasteiger partial charge in [0.1, 0.15) is 0 Å². The van der Waals surface area contributed by atoms with Crippen molar-refractivity contribution in [2.45, 2.75) is 20.5 Å². The highest BCUT2D eigenvalue weighted by molar-refractivity contribution is 6.05. The Hall–Kier alpha value is -2.99. The smallest absolute Gasteiger partial charge is 0.259 e. The van der Waals surface area contributed by atoms with E-state index in [0.29, 0.717) is 11.3 Å². The van der Waals surface area contributed by atoms with Crippen molar-refractivity contribution in [3.05, 3.63) is 71.3 Å². The molecule has 0 aliphatic heterocycles. The Morgan fingerprint density at radius 1 is 1.21 bits per heavy atom. The zero-order chi connectivity index (χ0) is 17.1. The Balaban J connectivity index is 1.88. The number of aliphatic hydroxyl groups is 1. The summed E-state index contributed by atoms with van der Waals surface area (Å²) in [7, 11) is 0. The first-order chi connectivity index (χ1) is 11.6. The number of aliphatic hydroxyl groups excluding tert-OH is 1. The van der Waals surface area contributed by atoms with Crippen LogP contribution < -0.4 is 5.32 Å². The second-order valence-electron chi connectivity index (χ2n) is 5.52. The molecule has 3 rings (SSSR count). The summed E-state index contributed by atoms with van der Waals surface area (Å²) in [6.45, 7) is 3.69. The summed E-state index contributed by atoms with van der Waals surface area (Å²) in [5.74, 6) is -0.231. The summed E-state index contributed by atoms with van der Waals surface area (Å²) in [6, 6.07) is 9.13. The van der Waals surface area contributed by atoms with E-state index in [1.807, 2.05) is 38.1 Å². The number of hydrogen-bond donors (Lipinski definition) is 2. The zero-order valence-electron chi connectivity index (χ0n) is 13.5. The van der Waals surface area contributed by atoms with Crippen LogP contribution in [-0.2, 0) is 6.61 Å². The van der Waals surface area contributed by atoms with Gasteiger partial charge in [-0.3, -0.25) is 9.78 Å². The Labute approximate surface area is 139 Å². The molecule has 1 amide bonds. The molecule has 3 aromatic rings. The van der Waals surface area contributed by atoms with Crippen LogP contribution in [0.5, 0.6) is 0 Å². The molecule has 0 atom stereocenters. The van der Waals surface area contributed by atoms with Crippen molar-refractivity contribution >= 4 is 11.6 Å². The number of aryl methyl sites for hydroxylation is 1. The molecule has 0 fully saturated rings. The number of anilines is 1. The van der Waals surface area contributed by atoms with Gasteiger partial charge in [-0.15, -0.1) is 0 Å². The van der Waals surface area contributed by atoms with E-state index in [1.165, 1.54) is 0 Å². The van der Waals surface area contributed by atoms with Gasteiger partial charge in [0, 0.05) is 18.1 Å². The van der Waals surface area contributed by atoms with Crippen LogP contribution >= 0.6 is 0 Å². The van der Waals surface area contributed by atoms with Gasteiger partial charge in [-0.2, -0.15) is 5.10 Å². The number of hydrogen-bond acceptors (Lipinski definition) is 4. The first-order valence-electron chi connectivity index (χ1n) is 7.57. The monoisotopic (exact) mass is 322 g/mol. The number of aromatic nitrogens is 3.